The maximum absolute atomic E-state index is 14.7. The Morgan fingerprint density at radius 3 is 1.20 bits per heavy atom. The number of hydrogen-bond acceptors (Lipinski definition) is 29. The van der Waals surface area contributed by atoms with E-state index in [-0.39, 0.29) is 127 Å². The summed E-state index contributed by atoms with van der Waals surface area (Å²) in [5.74, 6) is -20.2. The summed E-state index contributed by atoms with van der Waals surface area (Å²) in [5, 5.41) is 97.0. The Morgan fingerprint density at radius 2 is 0.794 bits per heavy atom. The Balaban J connectivity index is 1.93. The number of aliphatic hydroxyl groups excluding tert-OH is 1. The summed E-state index contributed by atoms with van der Waals surface area (Å²) >= 11 is 8.92. The summed E-state index contributed by atoms with van der Waals surface area (Å²) in [5.41, 5.74) is 47.3. The van der Waals surface area contributed by atoms with E-state index in [0.29, 0.717) is 43.2 Å². The standard InChI is InChI=1S/C86H145N27O21S2/c1-10-44(5)64(110-79(129)65(45(6)11-2)109-77(127)61-20-16-38-113(61)82(132)63(92)43(3)4)78(128)106-57(39-47-21-25-49(115)26-22-47)74(124)108-60(42-135)76(126)105-58(41-62(91)117)75(125)101-52(18-14-36-97-84(93)94)68(118)102-56(31-35-90)72(122)111-66(46(7)114)80(130)103-54(29-33-88)70(120)99-51(17-12-13-32-87)73(123)112-67(86(8,9)136)81(131)104-55(30-34-89)71(121)100-53(19-15-37-98-85(95)96)69(119)107-59(83(133)134)40-48-23-27-50(116)28-24-48/h21-28,43-46,51-61,63-67,114-116,135-136H,10-20,29-42,87-90,92H2,1-9H3,(H2,91,117)(H,99,120)(H,100,121)(H,101,125)(H,102,118)(H,103,130)(H,104,131)(H,105,126)(H,106,128)(H,107,119)(H,108,124)(H,109,127)(H,110,129)(H,111,122)(H,112,123)(H,133,134)(H4,93,94,97)(H4,95,96,98)/t44-,45-,46+,51-,52-,53-,54+,55-,56-,57-,58-,59-,60-,61-,63-,64-,65-,66-,67+/m0/s1. The van der Waals surface area contributed by atoms with Crippen molar-refractivity contribution in [3.8, 4) is 11.5 Å². The smallest absolute Gasteiger partial charge is 0.326 e. The summed E-state index contributed by atoms with van der Waals surface area (Å²) in [6.07, 6.45) is -2.96. The number of carbonyl (C=O) groups is 17. The second-order valence-electron chi connectivity index (χ2n) is 34.6. The molecule has 0 aliphatic carbocycles. The molecule has 0 unspecified atom stereocenters. The highest BCUT2D eigenvalue weighted by Crippen LogP contribution is 2.24. The molecule has 38 N–H and O–H groups in total. The number of unbranched alkanes of at least 4 members (excludes halogenated alkanes) is 1. The molecular formula is C86H145N27O21S2. The van der Waals surface area contributed by atoms with Crippen LogP contribution in [0.2, 0.25) is 0 Å². The number of carbonyl (C=O) groups excluding carboxylic acids is 16. The molecule has 762 valence electrons. The molecule has 2 aromatic carbocycles. The molecule has 1 saturated heterocycles. The number of aromatic hydroxyl groups is 2. The van der Waals surface area contributed by atoms with Gasteiger partial charge < -0.3 is 156 Å². The number of hydrogen-bond donors (Lipinski definition) is 32. The van der Waals surface area contributed by atoms with E-state index < -0.39 is 250 Å². The first kappa shape index (κ1) is 118. The molecule has 19 atom stereocenters. The number of amides is 16. The number of phenolic OH excluding ortho intramolecular Hbond substituents is 2. The first-order valence-electron chi connectivity index (χ1n) is 45.4. The van der Waals surface area contributed by atoms with E-state index >= 15 is 0 Å². The van der Waals surface area contributed by atoms with Crippen molar-refractivity contribution in [2.75, 3.05) is 51.6 Å². The van der Waals surface area contributed by atoms with Gasteiger partial charge in [0, 0.05) is 43.0 Å². The van der Waals surface area contributed by atoms with E-state index in [1.54, 1.807) is 41.5 Å². The molecule has 3 rings (SSSR count). The van der Waals surface area contributed by atoms with Crippen LogP contribution in [0, 0.1) is 28.6 Å². The highest BCUT2D eigenvalue weighted by Gasteiger charge is 2.44. The number of phenols is 2. The van der Waals surface area contributed by atoms with E-state index in [0.717, 1.165) is 6.92 Å². The number of thiol groups is 2. The fraction of sp³-hybridized carbons (Fsp3) is 0.640. The molecule has 1 heterocycles. The molecule has 136 heavy (non-hydrogen) atoms. The number of aliphatic hydroxyl groups is 1. The van der Waals surface area contributed by atoms with Crippen LogP contribution in [0.25, 0.3) is 0 Å². The van der Waals surface area contributed by atoms with Gasteiger partial charge in [-0.25, -0.2) is 4.79 Å². The van der Waals surface area contributed by atoms with Crippen molar-refractivity contribution in [1.29, 1.82) is 10.8 Å². The van der Waals surface area contributed by atoms with Crippen LogP contribution in [-0.2, 0) is 94.3 Å². The molecule has 1 fully saturated rings. The zero-order chi connectivity index (χ0) is 103. The fourth-order valence-corrected chi connectivity index (χ4v) is 14.7. The number of rotatable bonds is 62. The van der Waals surface area contributed by atoms with E-state index in [2.05, 4.69) is 110 Å². The number of carboxylic acid groups (broad SMARTS) is 1. The number of carboxylic acids is 1. The first-order valence-corrected chi connectivity index (χ1v) is 46.4. The number of benzene rings is 2. The molecule has 0 radical (unpaired) electrons. The van der Waals surface area contributed by atoms with Crippen molar-refractivity contribution in [3.63, 3.8) is 0 Å². The Labute approximate surface area is 801 Å². The second-order valence-corrected chi connectivity index (χ2v) is 36.1. The van der Waals surface area contributed by atoms with Gasteiger partial charge in [0.15, 0.2) is 11.9 Å². The van der Waals surface area contributed by atoms with Gasteiger partial charge in [-0.05, 0) is 177 Å². The van der Waals surface area contributed by atoms with Crippen molar-refractivity contribution in [3.05, 3.63) is 59.7 Å². The van der Waals surface area contributed by atoms with Gasteiger partial charge in [0.1, 0.15) is 102 Å². The summed E-state index contributed by atoms with van der Waals surface area (Å²) in [6.45, 7) is 13.9. The lowest BCUT2D eigenvalue weighted by Crippen LogP contribution is -2.63. The molecule has 0 bridgehead atoms. The van der Waals surface area contributed by atoms with Crippen LogP contribution in [0.3, 0.4) is 0 Å². The van der Waals surface area contributed by atoms with Crippen LogP contribution in [0.4, 0.5) is 0 Å². The molecule has 16 amide bonds. The predicted molar refractivity (Wildman–Crippen MR) is 509 cm³/mol. The highest BCUT2D eigenvalue weighted by atomic mass is 32.1. The quantitative estimate of drug-likeness (QED) is 0.0127. The average molecular weight is 1960 g/mol. The van der Waals surface area contributed by atoms with Gasteiger partial charge in [-0.1, -0.05) is 78.6 Å². The van der Waals surface area contributed by atoms with Gasteiger partial charge in [-0.15, -0.1) is 0 Å². The molecule has 1 aliphatic rings. The zero-order valence-corrected chi connectivity index (χ0v) is 80.3. The minimum Gasteiger partial charge on any atom is -0.508 e. The van der Waals surface area contributed by atoms with E-state index in [4.69, 9.17) is 56.7 Å². The number of likely N-dealkylation sites (tertiary alicyclic amines) is 1. The normalized spacial score (nSPS) is 16.4. The van der Waals surface area contributed by atoms with Crippen LogP contribution in [0.1, 0.15) is 170 Å². The summed E-state index contributed by atoms with van der Waals surface area (Å²) in [6, 6.07) is -13.3. The van der Waals surface area contributed by atoms with Gasteiger partial charge in [-0.2, -0.15) is 25.3 Å². The Bertz CT molecular complexity index is 4350. The maximum Gasteiger partial charge on any atom is 0.326 e. The molecule has 0 aromatic heterocycles. The molecule has 0 saturated carbocycles. The third kappa shape index (κ3) is 40.5. The second kappa shape index (κ2) is 59.8. The Kier molecular flexibility index (Phi) is 52.0. The SMILES string of the molecule is CC[C@H](C)[C@H](NC(=O)[C@@H](NC(=O)[C@@H]1CCCN1C(=O)[C@@H](N)C(C)C)[C@@H](C)CC)C(=O)N[C@@H](Cc1ccc(O)cc1)C(=O)N[C@@H](CS)C(=O)N[C@@H](CC(N)=O)C(=O)N[C@@H](CCCNC(=N)N)C(=O)N[C@@H](CCN)C(=O)N[C@H](C(=O)N[C@H](CCN)C(=O)N[C@@H](CCCCN)C(=O)N[C@H](C(=O)N[C@@H](CCN)C(=O)N[C@@H](CCCNC(=N)N)C(=O)N[C@@H](Cc1ccc(O)cc1)C(=O)O)C(C)(C)S)[C@@H](C)O. The van der Waals surface area contributed by atoms with Crippen molar-refractivity contribution in [2.45, 2.75) is 279 Å². The minimum atomic E-state index is -1.96. The van der Waals surface area contributed by atoms with Crippen LogP contribution in [0.15, 0.2) is 48.5 Å². The summed E-state index contributed by atoms with van der Waals surface area (Å²) in [4.78, 5) is 242. The molecule has 0 spiro atoms. The molecular weight excluding hydrogens is 1810 g/mol. The van der Waals surface area contributed by atoms with Crippen molar-refractivity contribution in [2.24, 2.45) is 63.6 Å². The summed E-state index contributed by atoms with van der Waals surface area (Å²) in [7, 11) is 0. The monoisotopic (exact) mass is 1960 g/mol. The minimum absolute atomic E-state index is 0.0408. The lowest BCUT2D eigenvalue weighted by atomic mass is 9.94. The number of nitrogens with zero attached hydrogens (tertiary/aromatic N) is 1. The summed E-state index contributed by atoms with van der Waals surface area (Å²) < 4.78 is -1.48. The molecule has 48 nitrogen and oxygen atoms in total. The average Bonchev–Trinajstić information content (AvgIpc) is 1.53. The van der Waals surface area contributed by atoms with Gasteiger partial charge in [0.25, 0.3) is 0 Å². The van der Waals surface area contributed by atoms with Gasteiger partial charge >= 0.3 is 5.97 Å². The fourth-order valence-electron chi connectivity index (χ4n) is 14.2. The van der Waals surface area contributed by atoms with Crippen LogP contribution in [-0.4, -0.2) is 297 Å². The molecule has 1 aliphatic heterocycles. The van der Waals surface area contributed by atoms with Gasteiger partial charge in [0.2, 0.25) is 94.5 Å². The van der Waals surface area contributed by atoms with E-state index in [1.807, 2.05) is 0 Å². The third-order valence-corrected chi connectivity index (χ3v) is 23.3. The largest absolute Gasteiger partial charge is 0.508 e. The number of aliphatic carboxylic acids is 1. The third-order valence-electron chi connectivity index (χ3n) is 22.7. The Morgan fingerprint density at radius 1 is 0.449 bits per heavy atom. The van der Waals surface area contributed by atoms with Crippen LogP contribution < -0.4 is 131 Å². The molecule has 2 aromatic rings. The number of nitrogens with one attached hydrogen (secondary N) is 18. The lowest BCUT2D eigenvalue weighted by Gasteiger charge is -2.33. The predicted octanol–water partition coefficient (Wildman–Crippen LogP) is -7.58. The number of guanidine groups is 2. The van der Waals surface area contributed by atoms with Crippen molar-refractivity contribution < 1.29 is 102 Å². The van der Waals surface area contributed by atoms with Crippen LogP contribution in [0.5, 0.6) is 11.5 Å². The number of nitrogens with two attached hydrogens (primary N) is 8. The van der Waals surface area contributed by atoms with Gasteiger partial charge in [-0.3, -0.25) is 87.5 Å². The van der Waals surface area contributed by atoms with Crippen molar-refractivity contribution in [1.82, 2.24) is 90.0 Å². The highest BCUT2D eigenvalue weighted by molar-refractivity contribution is 7.81. The van der Waals surface area contributed by atoms with Crippen LogP contribution >= 0.6 is 25.3 Å². The molecule has 50 heteroatoms. The topological polar surface area (TPSA) is 823 Å². The van der Waals surface area contributed by atoms with E-state index in [9.17, 15) is 102 Å². The van der Waals surface area contributed by atoms with E-state index in [1.165, 1.54) is 67.3 Å². The zero-order valence-electron chi connectivity index (χ0n) is 78.5. The maximum atomic E-state index is 14.7. The Hall–Kier alpha value is -12.0. The van der Waals surface area contributed by atoms with Gasteiger partial charge in [0.05, 0.1) is 18.6 Å². The van der Waals surface area contributed by atoms with Crippen molar-refractivity contribution >= 4 is 138 Å². The lowest BCUT2D eigenvalue weighted by molar-refractivity contribution is -0.142. The number of primary amides is 1. The first-order chi connectivity index (χ1) is 64.0.